The Morgan fingerprint density at radius 2 is 1.63 bits per heavy atom. The van der Waals surface area contributed by atoms with E-state index in [1.54, 1.807) is 12.1 Å². The highest BCUT2D eigenvalue weighted by Crippen LogP contribution is 2.23. The Bertz CT molecular complexity index is 1190. The van der Waals surface area contributed by atoms with Gasteiger partial charge in [0.05, 0.1) is 10.5 Å². The first-order chi connectivity index (χ1) is 14.4. The van der Waals surface area contributed by atoms with Crippen molar-refractivity contribution < 1.29 is 17.6 Å². The second-order valence-electron chi connectivity index (χ2n) is 7.61. The molecule has 1 fully saturated rings. The summed E-state index contributed by atoms with van der Waals surface area (Å²) >= 11 is 0. The van der Waals surface area contributed by atoms with Gasteiger partial charge in [0.25, 0.3) is 5.91 Å². The summed E-state index contributed by atoms with van der Waals surface area (Å²) in [4.78, 5) is 12.6. The minimum Gasteiger partial charge on any atom is -0.322 e. The molecule has 4 rings (SSSR count). The SMILES string of the molecule is O=C(Nc1ccc2ccccc2c1)c1cc(S(=O)(=O)NC2CCCCC2)ccc1F. The molecule has 0 heterocycles. The van der Waals surface area contributed by atoms with E-state index in [-0.39, 0.29) is 16.5 Å². The minimum atomic E-state index is -3.83. The smallest absolute Gasteiger partial charge is 0.258 e. The summed E-state index contributed by atoms with van der Waals surface area (Å²) in [6, 6.07) is 16.2. The molecule has 1 aliphatic rings. The van der Waals surface area contributed by atoms with Gasteiger partial charge in [0.2, 0.25) is 10.0 Å². The van der Waals surface area contributed by atoms with Gasteiger partial charge < -0.3 is 5.32 Å². The summed E-state index contributed by atoms with van der Waals surface area (Å²) in [6.45, 7) is 0. The molecule has 0 unspecified atom stereocenters. The molecule has 2 N–H and O–H groups in total. The molecule has 1 aliphatic carbocycles. The topological polar surface area (TPSA) is 75.3 Å². The van der Waals surface area contributed by atoms with Crippen LogP contribution in [0.4, 0.5) is 10.1 Å². The van der Waals surface area contributed by atoms with Gasteiger partial charge in [-0.25, -0.2) is 17.5 Å². The number of halogens is 1. The molecule has 0 spiro atoms. The largest absolute Gasteiger partial charge is 0.322 e. The van der Waals surface area contributed by atoms with Gasteiger partial charge in [0.15, 0.2) is 0 Å². The highest BCUT2D eigenvalue weighted by Gasteiger charge is 2.24. The number of fused-ring (bicyclic) bond motifs is 1. The van der Waals surface area contributed by atoms with E-state index < -0.39 is 21.7 Å². The fraction of sp³-hybridized carbons (Fsp3) is 0.261. The molecular formula is C23H23FN2O3S. The maximum Gasteiger partial charge on any atom is 0.258 e. The average Bonchev–Trinajstić information content (AvgIpc) is 2.74. The third-order valence-corrected chi connectivity index (χ3v) is 6.95. The number of nitrogens with one attached hydrogen (secondary N) is 2. The summed E-state index contributed by atoms with van der Waals surface area (Å²) < 4.78 is 42.5. The number of carbonyl (C=O) groups is 1. The van der Waals surface area contributed by atoms with Crippen molar-refractivity contribution in [3.8, 4) is 0 Å². The van der Waals surface area contributed by atoms with Gasteiger partial charge >= 0.3 is 0 Å². The molecule has 1 amide bonds. The highest BCUT2D eigenvalue weighted by atomic mass is 32.2. The maximum absolute atomic E-state index is 14.3. The number of hydrogen-bond acceptors (Lipinski definition) is 3. The summed E-state index contributed by atoms with van der Waals surface area (Å²) in [5.41, 5.74) is 0.196. The van der Waals surface area contributed by atoms with Gasteiger partial charge in [-0.1, -0.05) is 49.6 Å². The standard InChI is InChI=1S/C23H23FN2O3S/c24-22-13-12-20(30(28,29)26-18-8-2-1-3-9-18)15-21(22)23(27)25-19-11-10-16-6-4-5-7-17(16)14-19/h4-7,10-15,18,26H,1-3,8-9H2,(H,25,27). The average molecular weight is 427 g/mol. The Hall–Kier alpha value is -2.77. The lowest BCUT2D eigenvalue weighted by Crippen LogP contribution is -2.36. The van der Waals surface area contributed by atoms with Crippen LogP contribution in [0.25, 0.3) is 10.8 Å². The first-order valence-electron chi connectivity index (χ1n) is 10.0. The van der Waals surface area contributed by atoms with Crippen molar-refractivity contribution in [2.45, 2.75) is 43.0 Å². The van der Waals surface area contributed by atoms with Crippen LogP contribution in [0, 0.1) is 5.82 Å². The quantitative estimate of drug-likeness (QED) is 0.613. The van der Waals surface area contributed by atoms with Gasteiger partial charge in [-0.15, -0.1) is 0 Å². The van der Waals surface area contributed by atoms with Gasteiger partial charge in [-0.2, -0.15) is 0 Å². The van der Waals surface area contributed by atoms with Crippen molar-refractivity contribution in [2.24, 2.45) is 0 Å². The molecule has 0 aliphatic heterocycles. The third kappa shape index (κ3) is 4.52. The van der Waals surface area contributed by atoms with Gasteiger partial charge in [0, 0.05) is 11.7 Å². The lowest BCUT2D eigenvalue weighted by atomic mass is 9.96. The number of amides is 1. The van der Waals surface area contributed by atoms with Crippen molar-refractivity contribution in [3.05, 3.63) is 72.0 Å². The monoisotopic (exact) mass is 426 g/mol. The Morgan fingerprint density at radius 1 is 0.900 bits per heavy atom. The molecule has 7 heteroatoms. The summed E-state index contributed by atoms with van der Waals surface area (Å²) in [6.07, 6.45) is 4.64. The first kappa shape index (κ1) is 20.5. The first-order valence-corrected chi connectivity index (χ1v) is 11.5. The molecule has 0 saturated heterocycles. The van der Waals surface area contributed by atoms with Crippen molar-refractivity contribution in [3.63, 3.8) is 0 Å². The van der Waals surface area contributed by atoms with Crippen LogP contribution in [0.1, 0.15) is 42.5 Å². The number of carbonyl (C=O) groups excluding carboxylic acids is 1. The summed E-state index contributed by atoms with van der Waals surface area (Å²) in [5, 5.41) is 4.61. The van der Waals surface area contributed by atoms with Crippen molar-refractivity contribution in [1.82, 2.24) is 4.72 Å². The number of benzene rings is 3. The van der Waals surface area contributed by atoms with Crippen LogP contribution in [-0.4, -0.2) is 20.4 Å². The van der Waals surface area contributed by atoms with Crippen molar-refractivity contribution >= 4 is 32.4 Å². The van der Waals surface area contributed by atoms with Crippen LogP contribution < -0.4 is 10.0 Å². The number of anilines is 1. The Labute approximate surface area is 175 Å². The second kappa shape index (κ2) is 8.53. The molecular weight excluding hydrogens is 403 g/mol. The molecule has 3 aromatic rings. The van der Waals surface area contributed by atoms with Crippen LogP contribution in [0.15, 0.2) is 65.6 Å². The molecule has 156 valence electrons. The van der Waals surface area contributed by atoms with E-state index in [4.69, 9.17) is 0 Å². The maximum atomic E-state index is 14.3. The Kier molecular flexibility index (Phi) is 5.83. The van der Waals surface area contributed by atoms with Gasteiger partial charge in [-0.3, -0.25) is 4.79 Å². The lowest BCUT2D eigenvalue weighted by Gasteiger charge is -2.22. The molecule has 1 saturated carbocycles. The zero-order valence-electron chi connectivity index (χ0n) is 16.4. The van der Waals surface area contributed by atoms with E-state index in [1.807, 2.05) is 30.3 Å². The van der Waals surface area contributed by atoms with Crippen LogP contribution in [0.5, 0.6) is 0 Å². The highest BCUT2D eigenvalue weighted by molar-refractivity contribution is 7.89. The van der Waals surface area contributed by atoms with Crippen molar-refractivity contribution in [2.75, 3.05) is 5.32 Å². The van der Waals surface area contributed by atoms with Crippen molar-refractivity contribution in [1.29, 1.82) is 0 Å². The van der Waals surface area contributed by atoms with Crippen LogP contribution >= 0.6 is 0 Å². The fourth-order valence-electron chi connectivity index (χ4n) is 3.82. The van der Waals surface area contributed by atoms with Crippen LogP contribution in [-0.2, 0) is 10.0 Å². The minimum absolute atomic E-state index is 0.113. The Balaban J connectivity index is 1.56. The van der Waals surface area contributed by atoms with E-state index in [1.165, 1.54) is 6.07 Å². The fourth-order valence-corrected chi connectivity index (χ4v) is 5.15. The number of sulfonamides is 1. The lowest BCUT2D eigenvalue weighted by molar-refractivity contribution is 0.102. The molecule has 0 atom stereocenters. The van der Waals surface area contributed by atoms with E-state index in [0.717, 1.165) is 55.0 Å². The second-order valence-corrected chi connectivity index (χ2v) is 9.33. The molecule has 30 heavy (non-hydrogen) atoms. The predicted octanol–water partition coefficient (Wildman–Crippen LogP) is 4.84. The normalized spacial score (nSPS) is 15.2. The molecule has 3 aromatic carbocycles. The number of rotatable bonds is 5. The molecule has 0 aromatic heterocycles. The summed E-state index contributed by atoms with van der Waals surface area (Å²) in [5.74, 6) is -1.47. The van der Waals surface area contributed by atoms with E-state index in [2.05, 4.69) is 10.0 Å². The van der Waals surface area contributed by atoms with E-state index >= 15 is 0 Å². The Morgan fingerprint density at radius 3 is 2.40 bits per heavy atom. The van der Waals surface area contributed by atoms with Gasteiger partial charge in [-0.05, 0) is 53.9 Å². The van der Waals surface area contributed by atoms with Gasteiger partial charge in [0.1, 0.15) is 5.82 Å². The zero-order valence-corrected chi connectivity index (χ0v) is 17.2. The van der Waals surface area contributed by atoms with Crippen LogP contribution in [0.2, 0.25) is 0 Å². The third-order valence-electron chi connectivity index (χ3n) is 5.43. The molecule has 0 bridgehead atoms. The van der Waals surface area contributed by atoms with E-state index in [0.29, 0.717) is 5.69 Å². The molecule has 0 radical (unpaired) electrons. The molecule has 5 nitrogen and oxygen atoms in total. The zero-order chi connectivity index (χ0) is 21.1. The number of hydrogen-bond donors (Lipinski definition) is 2. The summed E-state index contributed by atoms with van der Waals surface area (Å²) in [7, 11) is -3.83. The van der Waals surface area contributed by atoms with E-state index in [9.17, 15) is 17.6 Å². The predicted molar refractivity (Wildman–Crippen MR) is 115 cm³/mol. The van der Waals surface area contributed by atoms with Crippen LogP contribution in [0.3, 0.4) is 0 Å².